The Hall–Kier alpha value is -2.19. The Morgan fingerprint density at radius 3 is 2.30 bits per heavy atom. The van der Waals surface area contributed by atoms with Gasteiger partial charge >= 0.3 is 5.97 Å². The van der Waals surface area contributed by atoms with Crippen molar-refractivity contribution in [3.05, 3.63) is 42.5 Å². The van der Waals surface area contributed by atoms with E-state index in [4.69, 9.17) is 4.74 Å². The maximum atomic E-state index is 12.6. The summed E-state index contributed by atoms with van der Waals surface area (Å²) in [6.45, 7) is 10.7. The molecule has 0 aliphatic heterocycles. The molecule has 1 aromatic rings. The van der Waals surface area contributed by atoms with Crippen molar-refractivity contribution in [2.24, 2.45) is 5.92 Å². The third-order valence-electron chi connectivity index (χ3n) is 3.70. The summed E-state index contributed by atoms with van der Waals surface area (Å²) in [4.78, 5) is 24.4. The van der Waals surface area contributed by atoms with Crippen molar-refractivity contribution < 1.29 is 22.7 Å². The lowest BCUT2D eigenvalue weighted by Gasteiger charge is -2.21. The number of amides is 1. The predicted molar refractivity (Wildman–Crippen MR) is 104 cm³/mol. The zero-order valence-electron chi connectivity index (χ0n) is 16.2. The smallest absolute Gasteiger partial charge is 0.324 e. The van der Waals surface area contributed by atoms with Crippen molar-refractivity contribution in [2.45, 2.75) is 51.2 Å². The van der Waals surface area contributed by atoms with E-state index < -0.39 is 34.0 Å². The number of aryl methyl sites for hydroxylation is 1. The number of benzene rings is 1. The lowest BCUT2D eigenvalue weighted by atomic mass is 10.0. The molecule has 27 heavy (non-hydrogen) atoms. The number of ether oxygens (including phenoxy) is 1. The molecule has 2 atom stereocenters. The van der Waals surface area contributed by atoms with Crippen LogP contribution in [0.1, 0.15) is 32.8 Å². The second kappa shape index (κ2) is 10.2. The van der Waals surface area contributed by atoms with E-state index in [1.165, 1.54) is 25.1 Å². The Balaban J connectivity index is 2.91. The van der Waals surface area contributed by atoms with E-state index in [9.17, 15) is 18.0 Å². The van der Waals surface area contributed by atoms with E-state index in [0.29, 0.717) is 0 Å². The first-order valence-corrected chi connectivity index (χ1v) is 10.2. The highest BCUT2D eigenvalue weighted by molar-refractivity contribution is 7.89. The van der Waals surface area contributed by atoms with Gasteiger partial charge in [0.05, 0.1) is 4.90 Å². The van der Waals surface area contributed by atoms with Crippen molar-refractivity contribution >= 4 is 21.9 Å². The van der Waals surface area contributed by atoms with Crippen LogP contribution < -0.4 is 10.0 Å². The molecular weight excluding hydrogens is 368 g/mol. The van der Waals surface area contributed by atoms with Crippen LogP contribution in [0.5, 0.6) is 0 Å². The Labute approximate surface area is 161 Å². The summed E-state index contributed by atoms with van der Waals surface area (Å²) in [6.07, 6.45) is 0.699. The zero-order valence-corrected chi connectivity index (χ0v) is 17.0. The van der Waals surface area contributed by atoms with E-state index in [0.717, 1.165) is 5.56 Å². The zero-order chi connectivity index (χ0) is 20.6. The Morgan fingerprint density at radius 2 is 1.78 bits per heavy atom. The van der Waals surface area contributed by atoms with Crippen molar-refractivity contribution in [3.63, 3.8) is 0 Å². The van der Waals surface area contributed by atoms with Gasteiger partial charge in [-0.2, -0.15) is 4.72 Å². The third kappa shape index (κ3) is 7.52. The van der Waals surface area contributed by atoms with Gasteiger partial charge < -0.3 is 10.1 Å². The van der Waals surface area contributed by atoms with Crippen LogP contribution in [0.4, 0.5) is 0 Å². The number of hydrogen-bond donors (Lipinski definition) is 2. The van der Waals surface area contributed by atoms with Gasteiger partial charge in [0.25, 0.3) is 5.91 Å². The monoisotopic (exact) mass is 396 g/mol. The molecule has 1 aromatic carbocycles. The highest BCUT2D eigenvalue weighted by atomic mass is 32.2. The third-order valence-corrected chi connectivity index (χ3v) is 5.19. The Bertz CT molecular complexity index is 757. The average Bonchev–Trinajstić information content (AvgIpc) is 2.58. The first-order valence-electron chi connectivity index (χ1n) is 8.75. The largest absolute Gasteiger partial charge is 0.451 e. The maximum absolute atomic E-state index is 12.6. The normalized spacial score (nSPS) is 13.7. The van der Waals surface area contributed by atoms with Crippen LogP contribution in [0.15, 0.2) is 41.8 Å². The van der Waals surface area contributed by atoms with Gasteiger partial charge in [0.1, 0.15) is 6.04 Å². The first kappa shape index (κ1) is 22.9. The van der Waals surface area contributed by atoms with Crippen LogP contribution in [-0.2, 0) is 24.3 Å². The van der Waals surface area contributed by atoms with Gasteiger partial charge in [-0.05, 0) is 38.3 Å². The van der Waals surface area contributed by atoms with Gasteiger partial charge in [-0.3, -0.25) is 9.59 Å². The molecule has 0 aromatic heterocycles. The molecule has 0 saturated carbocycles. The summed E-state index contributed by atoms with van der Waals surface area (Å²) < 4.78 is 32.7. The summed E-state index contributed by atoms with van der Waals surface area (Å²) >= 11 is 0. The standard InChI is InChI=1S/C19H28N2O5S/c1-6-11-20-18(22)15(5)26-19(23)17(12-13(2)3)21-27(24,25)16-9-7-14(4)8-10-16/h6-10,13,15,17,21H,1,11-12H2,2-5H3,(H,20,22)/t15-,17+/m0/s1. The molecule has 0 heterocycles. The average molecular weight is 397 g/mol. The summed E-state index contributed by atoms with van der Waals surface area (Å²) in [6, 6.07) is 5.21. The minimum atomic E-state index is -3.90. The second-order valence-corrected chi connectivity index (χ2v) is 8.44. The molecule has 150 valence electrons. The molecule has 1 amide bonds. The quantitative estimate of drug-likeness (QED) is 0.465. The van der Waals surface area contributed by atoms with E-state index in [1.54, 1.807) is 12.1 Å². The molecule has 0 aliphatic rings. The molecular formula is C19H28N2O5S. The molecule has 0 unspecified atom stereocenters. The lowest BCUT2D eigenvalue weighted by molar-refractivity contribution is -0.156. The van der Waals surface area contributed by atoms with Crippen molar-refractivity contribution in [3.8, 4) is 0 Å². The number of nitrogens with one attached hydrogen (secondary N) is 2. The first-order chi connectivity index (χ1) is 12.6. The summed E-state index contributed by atoms with van der Waals surface area (Å²) in [5.41, 5.74) is 0.923. The number of hydrogen-bond acceptors (Lipinski definition) is 5. The summed E-state index contributed by atoms with van der Waals surface area (Å²) in [5, 5.41) is 2.52. The van der Waals surface area contributed by atoms with E-state index >= 15 is 0 Å². The van der Waals surface area contributed by atoms with Crippen LogP contribution in [-0.4, -0.2) is 39.0 Å². The molecule has 0 spiro atoms. The molecule has 0 fully saturated rings. The van der Waals surface area contributed by atoms with Crippen LogP contribution in [0, 0.1) is 12.8 Å². The molecule has 2 N–H and O–H groups in total. The molecule has 0 aliphatic carbocycles. The van der Waals surface area contributed by atoms with Gasteiger partial charge in [-0.1, -0.05) is 37.6 Å². The van der Waals surface area contributed by atoms with Crippen molar-refractivity contribution in [1.29, 1.82) is 0 Å². The predicted octanol–water partition coefficient (Wildman–Crippen LogP) is 1.92. The SMILES string of the molecule is C=CCNC(=O)[C@H](C)OC(=O)[C@@H](CC(C)C)NS(=O)(=O)c1ccc(C)cc1. The van der Waals surface area contributed by atoms with E-state index in [1.807, 2.05) is 20.8 Å². The lowest BCUT2D eigenvalue weighted by Crippen LogP contribution is -2.45. The summed E-state index contributed by atoms with van der Waals surface area (Å²) in [5.74, 6) is -1.23. The molecule has 0 saturated heterocycles. The van der Waals surface area contributed by atoms with E-state index in [-0.39, 0.29) is 23.8 Å². The number of esters is 1. The van der Waals surface area contributed by atoms with Crippen LogP contribution >= 0.6 is 0 Å². The Morgan fingerprint density at radius 1 is 1.19 bits per heavy atom. The number of sulfonamides is 1. The molecule has 7 nitrogen and oxygen atoms in total. The minimum Gasteiger partial charge on any atom is -0.451 e. The number of carbonyl (C=O) groups excluding carboxylic acids is 2. The minimum absolute atomic E-state index is 0.0353. The summed E-state index contributed by atoms with van der Waals surface area (Å²) in [7, 11) is -3.90. The van der Waals surface area contributed by atoms with E-state index in [2.05, 4.69) is 16.6 Å². The van der Waals surface area contributed by atoms with Crippen LogP contribution in [0.3, 0.4) is 0 Å². The van der Waals surface area contributed by atoms with Crippen molar-refractivity contribution in [2.75, 3.05) is 6.54 Å². The van der Waals surface area contributed by atoms with Gasteiger partial charge in [-0.25, -0.2) is 8.42 Å². The van der Waals surface area contributed by atoms with Crippen molar-refractivity contribution in [1.82, 2.24) is 10.0 Å². The van der Waals surface area contributed by atoms with Crippen LogP contribution in [0.25, 0.3) is 0 Å². The fourth-order valence-electron chi connectivity index (χ4n) is 2.26. The Kier molecular flexibility index (Phi) is 8.65. The highest BCUT2D eigenvalue weighted by Gasteiger charge is 2.30. The second-order valence-electron chi connectivity index (χ2n) is 6.73. The number of rotatable bonds is 10. The van der Waals surface area contributed by atoms with Crippen LogP contribution in [0.2, 0.25) is 0 Å². The fourth-order valence-corrected chi connectivity index (χ4v) is 3.46. The molecule has 8 heteroatoms. The van der Waals surface area contributed by atoms with Gasteiger partial charge in [0, 0.05) is 6.54 Å². The van der Waals surface area contributed by atoms with Gasteiger partial charge in [0.15, 0.2) is 6.10 Å². The molecule has 0 radical (unpaired) electrons. The maximum Gasteiger partial charge on any atom is 0.324 e. The van der Waals surface area contributed by atoms with Gasteiger partial charge in [0.2, 0.25) is 10.0 Å². The molecule has 1 rings (SSSR count). The highest BCUT2D eigenvalue weighted by Crippen LogP contribution is 2.14. The number of carbonyl (C=O) groups is 2. The van der Waals surface area contributed by atoms with Gasteiger partial charge in [-0.15, -0.1) is 6.58 Å². The fraction of sp³-hybridized carbons (Fsp3) is 0.474. The topological polar surface area (TPSA) is 102 Å². The molecule has 0 bridgehead atoms.